The number of rotatable bonds is 5. The Morgan fingerprint density at radius 1 is 1.22 bits per heavy atom. The van der Waals surface area contributed by atoms with Crippen LogP contribution in [0.15, 0.2) is 36.5 Å². The molecule has 1 N–H and O–H groups in total. The van der Waals surface area contributed by atoms with Gasteiger partial charge in [-0.15, -0.1) is 0 Å². The summed E-state index contributed by atoms with van der Waals surface area (Å²) in [6.07, 6.45) is 3.18. The quantitative estimate of drug-likeness (QED) is 0.903. The number of nitrogens with one attached hydrogen (secondary N) is 1. The van der Waals surface area contributed by atoms with Crippen molar-refractivity contribution in [2.45, 2.75) is 19.8 Å². The van der Waals surface area contributed by atoms with Crippen LogP contribution in [-0.4, -0.2) is 19.2 Å². The zero-order chi connectivity index (χ0) is 13.0. The number of fused-ring (bicyclic) bond motifs is 1. The lowest BCUT2D eigenvalue weighted by Crippen LogP contribution is -2.16. The summed E-state index contributed by atoms with van der Waals surface area (Å²) in [6.45, 7) is 1.97. The van der Waals surface area contributed by atoms with Gasteiger partial charge in [-0.2, -0.15) is 0 Å². The van der Waals surface area contributed by atoms with E-state index in [1.165, 1.54) is 0 Å². The Bertz CT molecular complexity index is 633. The van der Waals surface area contributed by atoms with Crippen molar-refractivity contribution in [1.82, 2.24) is 4.98 Å². The van der Waals surface area contributed by atoms with Crippen molar-refractivity contribution < 1.29 is 8.42 Å². The maximum atomic E-state index is 11.9. The van der Waals surface area contributed by atoms with E-state index < -0.39 is 10.0 Å². The molecule has 0 bridgehead atoms. The molecule has 1 aromatic carbocycles. The van der Waals surface area contributed by atoms with Crippen LogP contribution in [0.3, 0.4) is 0 Å². The molecule has 18 heavy (non-hydrogen) atoms. The molecule has 0 aliphatic heterocycles. The molecule has 2 rings (SSSR count). The lowest BCUT2D eigenvalue weighted by Gasteiger charge is -2.09. The van der Waals surface area contributed by atoms with Crippen LogP contribution >= 0.6 is 0 Å². The fraction of sp³-hybridized carbons (Fsp3) is 0.308. The van der Waals surface area contributed by atoms with Gasteiger partial charge in [0.25, 0.3) is 0 Å². The largest absolute Gasteiger partial charge is 0.281 e. The van der Waals surface area contributed by atoms with Gasteiger partial charge in [-0.25, -0.2) is 8.42 Å². The second-order valence-corrected chi connectivity index (χ2v) is 6.00. The van der Waals surface area contributed by atoms with Gasteiger partial charge < -0.3 is 0 Å². The number of nitrogens with zero attached hydrogens (tertiary/aromatic N) is 1. The average Bonchev–Trinajstić information content (AvgIpc) is 2.37. The molecule has 0 amide bonds. The van der Waals surface area contributed by atoms with Crippen molar-refractivity contribution in [2.24, 2.45) is 0 Å². The SMILES string of the molecule is CCCCS(=O)(=O)Nc1cccc2cccnc12. The minimum Gasteiger partial charge on any atom is -0.281 e. The van der Waals surface area contributed by atoms with Crippen molar-refractivity contribution in [3.05, 3.63) is 36.5 Å². The minimum absolute atomic E-state index is 0.146. The Kier molecular flexibility index (Phi) is 3.81. The zero-order valence-corrected chi connectivity index (χ0v) is 11.1. The van der Waals surface area contributed by atoms with Gasteiger partial charge in [0.15, 0.2) is 0 Å². The van der Waals surface area contributed by atoms with Crippen molar-refractivity contribution >= 4 is 26.6 Å². The van der Waals surface area contributed by atoms with E-state index in [-0.39, 0.29) is 5.75 Å². The van der Waals surface area contributed by atoms with Crippen LogP contribution in [-0.2, 0) is 10.0 Å². The highest BCUT2D eigenvalue weighted by atomic mass is 32.2. The minimum atomic E-state index is -3.28. The summed E-state index contributed by atoms with van der Waals surface area (Å²) in [5, 5.41) is 0.924. The van der Waals surface area contributed by atoms with Crippen LogP contribution in [0.5, 0.6) is 0 Å². The molecule has 96 valence electrons. The fourth-order valence-electron chi connectivity index (χ4n) is 1.74. The van der Waals surface area contributed by atoms with E-state index in [2.05, 4.69) is 9.71 Å². The number of anilines is 1. The highest BCUT2D eigenvalue weighted by Gasteiger charge is 2.11. The molecule has 4 nitrogen and oxygen atoms in total. The second kappa shape index (κ2) is 5.35. The Labute approximate surface area is 107 Å². The van der Waals surface area contributed by atoms with Crippen LogP contribution in [0.1, 0.15) is 19.8 Å². The van der Waals surface area contributed by atoms with Gasteiger partial charge in [0.2, 0.25) is 10.0 Å². The molecule has 0 saturated heterocycles. The Morgan fingerprint density at radius 3 is 2.78 bits per heavy atom. The van der Waals surface area contributed by atoms with E-state index in [1.54, 1.807) is 12.3 Å². The standard InChI is InChI=1S/C13H16N2O2S/c1-2-3-10-18(16,17)15-12-8-4-6-11-7-5-9-14-13(11)12/h4-9,15H,2-3,10H2,1H3. The van der Waals surface area contributed by atoms with Gasteiger partial charge >= 0.3 is 0 Å². The van der Waals surface area contributed by atoms with E-state index in [0.29, 0.717) is 17.6 Å². The number of pyridine rings is 1. The number of para-hydroxylation sites is 1. The van der Waals surface area contributed by atoms with Crippen LogP contribution in [0, 0.1) is 0 Å². The normalized spacial score (nSPS) is 11.6. The Morgan fingerprint density at radius 2 is 2.00 bits per heavy atom. The van der Waals surface area contributed by atoms with E-state index in [1.807, 2.05) is 31.2 Å². The number of hydrogen-bond donors (Lipinski definition) is 1. The van der Waals surface area contributed by atoms with Crippen LogP contribution < -0.4 is 4.72 Å². The summed E-state index contributed by atoms with van der Waals surface area (Å²) in [4.78, 5) is 4.22. The molecule has 0 saturated carbocycles. The molecule has 0 aliphatic carbocycles. The summed E-state index contributed by atoms with van der Waals surface area (Å²) < 4.78 is 26.3. The molecule has 0 radical (unpaired) electrons. The first-order chi connectivity index (χ1) is 8.62. The molecule has 0 unspecified atom stereocenters. The molecule has 1 aromatic heterocycles. The number of hydrogen-bond acceptors (Lipinski definition) is 3. The number of sulfonamides is 1. The van der Waals surface area contributed by atoms with Crippen LogP contribution in [0.2, 0.25) is 0 Å². The van der Waals surface area contributed by atoms with Crippen molar-refractivity contribution in [1.29, 1.82) is 0 Å². The molecule has 0 atom stereocenters. The van der Waals surface area contributed by atoms with Gasteiger partial charge in [-0.3, -0.25) is 9.71 Å². The molecule has 0 fully saturated rings. The van der Waals surface area contributed by atoms with Crippen molar-refractivity contribution in [3.8, 4) is 0 Å². The molecule has 0 aliphatic rings. The molecular weight excluding hydrogens is 248 g/mol. The average molecular weight is 264 g/mol. The monoisotopic (exact) mass is 264 g/mol. The zero-order valence-electron chi connectivity index (χ0n) is 10.3. The maximum Gasteiger partial charge on any atom is 0.232 e. The van der Waals surface area contributed by atoms with Gasteiger partial charge in [-0.1, -0.05) is 31.5 Å². The molecule has 1 heterocycles. The maximum absolute atomic E-state index is 11.9. The summed E-state index contributed by atoms with van der Waals surface area (Å²) in [5.41, 5.74) is 1.23. The first-order valence-electron chi connectivity index (χ1n) is 5.96. The third kappa shape index (κ3) is 2.98. The van der Waals surface area contributed by atoms with E-state index in [9.17, 15) is 8.42 Å². The second-order valence-electron chi connectivity index (χ2n) is 4.16. The predicted octanol–water partition coefficient (Wildman–Crippen LogP) is 2.78. The first-order valence-corrected chi connectivity index (χ1v) is 7.62. The number of aromatic nitrogens is 1. The lowest BCUT2D eigenvalue weighted by atomic mass is 10.2. The topological polar surface area (TPSA) is 59.1 Å². The third-order valence-electron chi connectivity index (χ3n) is 2.66. The third-order valence-corrected chi connectivity index (χ3v) is 4.02. The van der Waals surface area contributed by atoms with Gasteiger partial charge in [-0.05, 0) is 18.6 Å². The summed E-state index contributed by atoms with van der Waals surface area (Å²) in [6, 6.07) is 9.20. The summed E-state index contributed by atoms with van der Waals surface area (Å²) >= 11 is 0. The van der Waals surface area contributed by atoms with Crippen molar-refractivity contribution in [3.63, 3.8) is 0 Å². The van der Waals surface area contributed by atoms with Crippen molar-refractivity contribution in [2.75, 3.05) is 10.5 Å². The number of benzene rings is 1. The van der Waals surface area contributed by atoms with Gasteiger partial charge in [0.05, 0.1) is 17.0 Å². The van der Waals surface area contributed by atoms with Crippen LogP contribution in [0.4, 0.5) is 5.69 Å². The number of unbranched alkanes of at least 4 members (excludes halogenated alkanes) is 1. The van der Waals surface area contributed by atoms with Gasteiger partial charge in [0.1, 0.15) is 0 Å². The highest BCUT2D eigenvalue weighted by molar-refractivity contribution is 7.92. The Hall–Kier alpha value is -1.62. The van der Waals surface area contributed by atoms with Crippen LogP contribution in [0.25, 0.3) is 10.9 Å². The van der Waals surface area contributed by atoms with E-state index >= 15 is 0 Å². The fourth-order valence-corrected chi connectivity index (χ4v) is 3.01. The highest BCUT2D eigenvalue weighted by Crippen LogP contribution is 2.21. The Balaban J connectivity index is 2.32. The van der Waals surface area contributed by atoms with E-state index in [0.717, 1.165) is 11.8 Å². The van der Waals surface area contributed by atoms with Gasteiger partial charge in [0, 0.05) is 11.6 Å². The van der Waals surface area contributed by atoms with E-state index in [4.69, 9.17) is 0 Å². The summed E-state index contributed by atoms with van der Waals surface area (Å²) in [5.74, 6) is 0.146. The lowest BCUT2D eigenvalue weighted by molar-refractivity contribution is 0.598. The summed E-state index contributed by atoms with van der Waals surface area (Å²) in [7, 11) is -3.28. The molecule has 2 aromatic rings. The predicted molar refractivity (Wildman–Crippen MR) is 74.1 cm³/mol. The smallest absolute Gasteiger partial charge is 0.232 e. The molecule has 5 heteroatoms. The first kappa shape index (κ1) is 12.8. The molecular formula is C13H16N2O2S. The molecule has 0 spiro atoms.